The Balaban J connectivity index is 1.88. The van der Waals surface area contributed by atoms with Crippen LogP contribution in [0.2, 0.25) is 0 Å². The Morgan fingerprint density at radius 1 is 0.710 bits per heavy atom. The van der Waals surface area contributed by atoms with Crippen molar-refractivity contribution in [1.29, 1.82) is 0 Å². The van der Waals surface area contributed by atoms with Crippen LogP contribution in [0.5, 0.6) is 0 Å². The molecule has 1 aliphatic rings. The highest BCUT2D eigenvalue weighted by Crippen LogP contribution is 2.42. The SMILES string of the molecule is CC(C)=CCC/C(C)=C/CC/C(C)=C/CC[C@]1(C)CCc2c(C)c(C)c(C)c(C)c2C1. The van der Waals surface area contributed by atoms with Gasteiger partial charge in [0.05, 0.1) is 0 Å². The Bertz CT molecular complexity index is 855. The van der Waals surface area contributed by atoms with Crippen molar-refractivity contribution in [3.8, 4) is 0 Å². The monoisotopic (exact) mass is 420 g/mol. The first-order valence-corrected chi connectivity index (χ1v) is 12.6. The molecule has 0 saturated heterocycles. The summed E-state index contributed by atoms with van der Waals surface area (Å²) < 4.78 is 0. The summed E-state index contributed by atoms with van der Waals surface area (Å²) in [5.74, 6) is 0. The fourth-order valence-electron chi connectivity index (χ4n) is 5.21. The number of benzene rings is 1. The quantitative estimate of drug-likeness (QED) is 0.349. The van der Waals surface area contributed by atoms with Crippen molar-refractivity contribution in [1.82, 2.24) is 0 Å². The third kappa shape index (κ3) is 7.23. The third-order valence-corrected chi connectivity index (χ3v) is 7.90. The van der Waals surface area contributed by atoms with Crippen LogP contribution in [0.4, 0.5) is 0 Å². The van der Waals surface area contributed by atoms with Gasteiger partial charge in [-0.3, -0.25) is 0 Å². The molecule has 1 atom stereocenters. The molecule has 2 rings (SSSR count). The Labute approximate surface area is 193 Å². The van der Waals surface area contributed by atoms with Crippen LogP contribution in [-0.2, 0) is 12.8 Å². The number of allylic oxidation sites excluding steroid dienone is 6. The van der Waals surface area contributed by atoms with Gasteiger partial charge in [0.1, 0.15) is 0 Å². The first kappa shape index (κ1) is 25.7. The van der Waals surface area contributed by atoms with E-state index in [1.54, 1.807) is 27.8 Å². The van der Waals surface area contributed by atoms with Crippen LogP contribution >= 0.6 is 0 Å². The normalized spacial score (nSPS) is 19.4. The van der Waals surface area contributed by atoms with Gasteiger partial charge in [-0.2, -0.15) is 0 Å². The van der Waals surface area contributed by atoms with Gasteiger partial charge in [0.25, 0.3) is 0 Å². The summed E-state index contributed by atoms with van der Waals surface area (Å²) in [5.41, 5.74) is 14.5. The zero-order valence-electron chi connectivity index (χ0n) is 22.1. The second-order valence-corrected chi connectivity index (χ2v) is 10.9. The Morgan fingerprint density at radius 2 is 1.23 bits per heavy atom. The van der Waals surface area contributed by atoms with Crippen LogP contribution in [0.3, 0.4) is 0 Å². The van der Waals surface area contributed by atoms with E-state index in [0.717, 1.165) is 0 Å². The molecule has 0 saturated carbocycles. The van der Waals surface area contributed by atoms with E-state index in [1.807, 2.05) is 0 Å². The molecule has 1 aromatic carbocycles. The summed E-state index contributed by atoms with van der Waals surface area (Å²) in [7, 11) is 0. The summed E-state index contributed by atoms with van der Waals surface area (Å²) in [6.07, 6.45) is 18.5. The highest BCUT2D eigenvalue weighted by molar-refractivity contribution is 5.51. The summed E-state index contributed by atoms with van der Waals surface area (Å²) in [6.45, 7) is 20.8. The van der Waals surface area contributed by atoms with E-state index >= 15 is 0 Å². The molecule has 0 aliphatic heterocycles. The van der Waals surface area contributed by atoms with Crippen LogP contribution in [0.1, 0.15) is 113 Å². The molecule has 1 aliphatic carbocycles. The molecular weight excluding hydrogens is 372 g/mol. The second kappa shape index (κ2) is 11.3. The fourth-order valence-corrected chi connectivity index (χ4v) is 5.21. The number of rotatable bonds is 9. The van der Waals surface area contributed by atoms with Crippen molar-refractivity contribution >= 4 is 0 Å². The summed E-state index contributed by atoms with van der Waals surface area (Å²) in [4.78, 5) is 0. The van der Waals surface area contributed by atoms with Crippen molar-refractivity contribution < 1.29 is 0 Å². The maximum atomic E-state index is 2.53. The molecule has 0 bridgehead atoms. The molecule has 31 heavy (non-hydrogen) atoms. The lowest BCUT2D eigenvalue weighted by molar-refractivity contribution is 0.256. The lowest BCUT2D eigenvalue weighted by Gasteiger charge is -2.37. The van der Waals surface area contributed by atoms with Crippen LogP contribution in [0.25, 0.3) is 0 Å². The van der Waals surface area contributed by atoms with Crippen molar-refractivity contribution in [2.75, 3.05) is 0 Å². The van der Waals surface area contributed by atoms with Gasteiger partial charge in [-0.15, -0.1) is 0 Å². The van der Waals surface area contributed by atoms with Crippen molar-refractivity contribution in [2.24, 2.45) is 5.41 Å². The lowest BCUT2D eigenvalue weighted by Crippen LogP contribution is -2.27. The molecule has 0 fully saturated rings. The molecule has 0 heteroatoms. The Kier molecular flexibility index (Phi) is 9.41. The van der Waals surface area contributed by atoms with Gasteiger partial charge < -0.3 is 0 Å². The lowest BCUT2D eigenvalue weighted by atomic mass is 9.67. The fraction of sp³-hybridized carbons (Fsp3) is 0.613. The van der Waals surface area contributed by atoms with E-state index in [-0.39, 0.29) is 0 Å². The van der Waals surface area contributed by atoms with Crippen molar-refractivity contribution in [2.45, 2.75) is 120 Å². The zero-order chi connectivity index (χ0) is 23.2. The molecule has 0 nitrogen and oxygen atoms in total. The van der Waals surface area contributed by atoms with E-state index in [4.69, 9.17) is 0 Å². The molecule has 0 spiro atoms. The van der Waals surface area contributed by atoms with Crippen LogP contribution in [0.15, 0.2) is 34.9 Å². The average molecular weight is 421 g/mol. The largest absolute Gasteiger partial charge is 0.0856 e. The minimum atomic E-state index is 0.449. The Hall–Kier alpha value is -1.56. The van der Waals surface area contributed by atoms with Gasteiger partial charge in [0.15, 0.2) is 0 Å². The van der Waals surface area contributed by atoms with E-state index in [1.165, 1.54) is 80.1 Å². The minimum absolute atomic E-state index is 0.449. The average Bonchev–Trinajstić information content (AvgIpc) is 2.70. The van der Waals surface area contributed by atoms with Crippen LogP contribution < -0.4 is 0 Å². The third-order valence-electron chi connectivity index (χ3n) is 7.90. The molecule has 0 radical (unpaired) electrons. The molecule has 1 aromatic rings. The molecule has 0 N–H and O–H groups in total. The number of hydrogen-bond donors (Lipinski definition) is 0. The highest BCUT2D eigenvalue weighted by Gasteiger charge is 2.31. The summed E-state index contributed by atoms with van der Waals surface area (Å²) >= 11 is 0. The predicted octanol–water partition coefficient (Wildman–Crippen LogP) is 9.61. The maximum absolute atomic E-state index is 2.53. The standard InChI is InChI=1S/C31H48/c1-22(2)13-10-14-23(3)15-11-16-24(4)17-12-19-31(9)20-18-29-27(7)25(5)26(6)28(8)30(29)21-31/h13,15,17H,10-12,14,16,18-21H2,1-9H3/b23-15+,24-17+/t31-/m1/s1. The van der Waals surface area contributed by atoms with Crippen LogP contribution in [-0.4, -0.2) is 0 Å². The molecular formula is C31H48. The molecule has 0 aromatic heterocycles. The van der Waals surface area contributed by atoms with Gasteiger partial charge in [0.2, 0.25) is 0 Å². The maximum Gasteiger partial charge on any atom is -0.0219 e. The number of hydrogen-bond acceptors (Lipinski definition) is 0. The molecule has 0 unspecified atom stereocenters. The van der Waals surface area contributed by atoms with Crippen molar-refractivity contribution in [3.63, 3.8) is 0 Å². The first-order chi connectivity index (χ1) is 14.5. The van der Waals surface area contributed by atoms with Gasteiger partial charge >= 0.3 is 0 Å². The van der Waals surface area contributed by atoms with Gasteiger partial charge in [-0.25, -0.2) is 0 Å². The van der Waals surface area contributed by atoms with Crippen molar-refractivity contribution in [3.05, 3.63) is 68.3 Å². The van der Waals surface area contributed by atoms with E-state index in [0.29, 0.717) is 5.41 Å². The smallest absolute Gasteiger partial charge is 0.0219 e. The van der Waals surface area contributed by atoms with Gasteiger partial charge in [-0.05, 0) is 152 Å². The zero-order valence-corrected chi connectivity index (χ0v) is 22.1. The summed E-state index contributed by atoms with van der Waals surface area (Å²) in [6, 6.07) is 0. The molecule has 172 valence electrons. The second-order valence-electron chi connectivity index (χ2n) is 10.9. The van der Waals surface area contributed by atoms with Crippen LogP contribution in [0, 0.1) is 33.1 Å². The highest BCUT2D eigenvalue weighted by atomic mass is 14.4. The van der Waals surface area contributed by atoms with Gasteiger partial charge in [0, 0.05) is 0 Å². The summed E-state index contributed by atoms with van der Waals surface area (Å²) in [5, 5.41) is 0. The molecule has 0 heterocycles. The first-order valence-electron chi connectivity index (χ1n) is 12.6. The van der Waals surface area contributed by atoms with E-state index in [2.05, 4.69) is 80.5 Å². The number of fused-ring (bicyclic) bond motifs is 1. The van der Waals surface area contributed by atoms with Gasteiger partial charge in [-0.1, -0.05) is 41.9 Å². The minimum Gasteiger partial charge on any atom is -0.0856 e. The topological polar surface area (TPSA) is 0 Å². The predicted molar refractivity (Wildman–Crippen MR) is 140 cm³/mol. The molecule has 0 amide bonds. The van der Waals surface area contributed by atoms with E-state index in [9.17, 15) is 0 Å². The van der Waals surface area contributed by atoms with E-state index < -0.39 is 0 Å². The Morgan fingerprint density at radius 3 is 1.81 bits per heavy atom.